The molecule has 16 heavy (non-hydrogen) atoms. The highest BCUT2D eigenvalue weighted by Crippen LogP contribution is 2.23. The second kappa shape index (κ2) is 8.15. The van der Waals surface area contributed by atoms with Crippen molar-refractivity contribution in [2.24, 2.45) is 11.8 Å². The van der Waals surface area contributed by atoms with Crippen molar-refractivity contribution in [3.05, 3.63) is 0 Å². The minimum absolute atomic E-state index is 0.0590. The lowest BCUT2D eigenvalue weighted by molar-refractivity contribution is -0.124. The number of hydrogen-bond donors (Lipinski definition) is 1. The van der Waals surface area contributed by atoms with Gasteiger partial charge in [0, 0.05) is 17.9 Å². The molecule has 0 atom stereocenters. The first kappa shape index (κ1) is 15.0. The van der Waals surface area contributed by atoms with Crippen LogP contribution in [0.4, 0.5) is 0 Å². The summed E-state index contributed by atoms with van der Waals surface area (Å²) in [5.74, 6) is 0.399. The first-order chi connectivity index (χ1) is 7.63. The largest absolute Gasteiger partial charge is 0.353 e. The quantitative estimate of drug-likeness (QED) is 0.784. The van der Waals surface area contributed by atoms with Gasteiger partial charge in [0.2, 0.25) is 5.91 Å². The van der Waals surface area contributed by atoms with Gasteiger partial charge in [-0.2, -0.15) is 5.26 Å². The number of amides is 1. The van der Waals surface area contributed by atoms with Crippen LogP contribution in [0.15, 0.2) is 0 Å². The van der Waals surface area contributed by atoms with Gasteiger partial charge in [0.05, 0.1) is 6.07 Å². The summed E-state index contributed by atoms with van der Waals surface area (Å²) in [6.45, 7) is 7.80. The highest BCUT2D eigenvalue weighted by atomic mass is 16.1. The molecule has 1 saturated carbocycles. The zero-order valence-electron chi connectivity index (χ0n) is 10.9. The summed E-state index contributed by atoms with van der Waals surface area (Å²) in [5, 5.41) is 11.7. The van der Waals surface area contributed by atoms with E-state index in [-0.39, 0.29) is 17.7 Å². The molecular formula is C13H24N2O. The third kappa shape index (κ3) is 5.16. The van der Waals surface area contributed by atoms with Crippen LogP contribution in [0, 0.1) is 23.2 Å². The number of carbonyl (C=O) groups is 1. The molecule has 1 aliphatic rings. The topological polar surface area (TPSA) is 52.9 Å². The Morgan fingerprint density at radius 3 is 2.12 bits per heavy atom. The van der Waals surface area contributed by atoms with Crippen LogP contribution in [-0.4, -0.2) is 11.9 Å². The number of hydrogen-bond acceptors (Lipinski definition) is 2. The molecular weight excluding hydrogens is 200 g/mol. The maximum Gasteiger partial charge on any atom is 0.222 e. The van der Waals surface area contributed by atoms with Crippen molar-refractivity contribution in [1.29, 1.82) is 5.26 Å². The number of nitriles is 1. The second-order valence-electron chi connectivity index (χ2n) is 4.34. The second-order valence-corrected chi connectivity index (χ2v) is 4.34. The number of carbonyl (C=O) groups excluding carboxylic acids is 1. The van der Waals surface area contributed by atoms with Gasteiger partial charge in [-0.3, -0.25) is 4.79 Å². The fourth-order valence-electron chi connectivity index (χ4n) is 1.73. The Bertz CT molecular complexity index is 235. The smallest absolute Gasteiger partial charge is 0.222 e. The van der Waals surface area contributed by atoms with Crippen LogP contribution in [0.2, 0.25) is 0 Å². The van der Waals surface area contributed by atoms with Crippen molar-refractivity contribution in [2.45, 2.75) is 59.4 Å². The SMILES string of the molecule is CC.CC(C)C(=O)NC1CCC(C#N)CC1. The van der Waals surface area contributed by atoms with Gasteiger partial charge in [0.1, 0.15) is 0 Å². The van der Waals surface area contributed by atoms with Crippen LogP contribution in [0.5, 0.6) is 0 Å². The standard InChI is InChI=1S/C11H18N2O.C2H6/c1-8(2)11(14)13-10-5-3-9(7-12)4-6-10;1-2/h8-10H,3-6H2,1-2H3,(H,13,14);1-2H3. The third-order valence-electron chi connectivity index (χ3n) is 2.78. The molecule has 92 valence electrons. The fraction of sp³-hybridized carbons (Fsp3) is 0.846. The molecule has 1 rings (SSSR count). The van der Waals surface area contributed by atoms with E-state index < -0.39 is 0 Å². The van der Waals surface area contributed by atoms with E-state index in [2.05, 4.69) is 11.4 Å². The van der Waals surface area contributed by atoms with Crippen molar-refractivity contribution in [1.82, 2.24) is 5.32 Å². The normalized spacial score (nSPS) is 24.0. The Hall–Kier alpha value is -1.04. The van der Waals surface area contributed by atoms with E-state index in [1.54, 1.807) is 0 Å². The average molecular weight is 224 g/mol. The Labute approximate surface area is 99.2 Å². The molecule has 1 amide bonds. The van der Waals surface area contributed by atoms with E-state index >= 15 is 0 Å². The van der Waals surface area contributed by atoms with Gasteiger partial charge in [0.25, 0.3) is 0 Å². The Balaban J connectivity index is 0.00000106. The summed E-state index contributed by atoms with van der Waals surface area (Å²) in [5.41, 5.74) is 0. The van der Waals surface area contributed by atoms with Crippen LogP contribution in [0.25, 0.3) is 0 Å². The summed E-state index contributed by atoms with van der Waals surface area (Å²) in [6, 6.07) is 2.59. The van der Waals surface area contributed by atoms with Crippen molar-refractivity contribution in [2.75, 3.05) is 0 Å². The monoisotopic (exact) mass is 224 g/mol. The van der Waals surface area contributed by atoms with Gasteiger partial charge in [-0.1, -0.05) is 27.7 Å². The summed E-state index contributed by atoms with van der Waals surface area (Å²) in [7, 11) is 0. The molecule has 0 aromatic rings. The summed E-state index contributed by atoms with van der Waals surface area (Å²) in [4.78, 5) is 11.4. The van der Waals surface area contributed by atoms with E-state index in [0.29, 0.717) is 6.04 Å². The van der Waals surface area contributed by atoms with E-state index in [1.807, 2.05) is 27.7 Å². The third-order valence-corrected chi connectivity index (χ3v) is 2.78. The number of rotatable bonds is 2. The van der Waals surface area contributed by atoms with Crippen LogP contribution in [0.3, 0.4) is 0 Å². The zero-order chi connectivity index (χ0) is 12.6. The number of nitrogens with zero attached hydrogens (tertiary/aromatic N) is 1. The van der Waals surface area contributed by atoms with Crippen molar-refractivity contribution >= 4 is 5.91 Å². The lowest BCUT2D eigenvalue weighted by Gasteiger charge is -2.26. The van der Waals surface area contributed by atoms with Gasteiger partial charge in [-0.05, 0) is 25.7 Å². The summed E-state index contributed by atoms with van der Waals surface area (Å²) in [6.07, 6.45) is 3.77. The molecule has 0 aromatic carbocycles. The minimum atomic E-state index is 0.0590. The van der Waals surface area contributed by atoms with E-state index in [9.17, 15) is 4.79 Å². The molecule has 3 heteroatoms. The van der Waals surface area contributed by atoms with E-state index in [1.165, 1.54) is 0 Å². The molecule has 0 unspecified atom stereocenters. The molecule has 0 heterocycles. The first-order valence-electron chi connectivity index (χ1n) is 6.33. The highest BCUT2D eigenvalue weighted by molar-refractivity contribution is 5.78. The molecule has 0 aromatic heterocycles. The molecule has 0 bridgehead atoms. The summed E-state index contributed by atoms with van der Waals surface area (Å²) < 4.78 is 0. The molecule has 0 saturated heterocycles. The molecule has 1 fully saturated rings. The Morgan fingerprint density at radius 1 is 1.25 bits per heavy atom. The molecule has 1 aliphatic carbocycles. The molecule has 0 aliphatic heterocycles. The maximum absolute atomic E-state index is 11.4. The lowest BCUT2D eigenvalue weighted by atomic mass is 9.87. The van der Waals surface area contributed by atoms with Crippen LogP contribution in [0.1, 0.15) is 53.4 Å². The Morgan fingerprint density at radius 2 is 1.75 bits per heavy atom. The fourth-order valence-corrected chi connectivity index (χ4v) is 1.73. The van der Waals surface area contributed by atoms with Gasteiger partial charge < -0.3 is 5.32 Å². The van der Waals surface area contributed by atoms with Gasteiger partial charge in [-0.15, -0.1) is 0 Å². The van der Waals surface area contributed by atoms with Gasteiger partial charge >= 0.3 is 0 Å². The van der Waals surface area contributed by atoms with Gasteiger partial charge in [-0.25, -0.2) is 0 Å². The van der Waals surface area contributed by atoms with Crippen LogP contribution in [-0.2, 0) is 4.79 Å². The summed E-state index contributed by atoms with van der Waals surface area (Å²) >= 11 is 0. The molecule has 1 N–H and O–H groups in total. The van der Waals surface area contributed by atoms with Gasteiger partial charge in [0.15, 0.2) is 0 Å². The Kier molecular flexibility index (Phi) is 7.62. The predicted molar refractivity (Wildman–Crippen MR) is 65.7 cm³/mol. The number of nitrogens with one attached hydrogen (secondary N) is 1. The van der Waals surface area contributed by atoms with E-state index in [0.717, 1.165) is 25.7 Å². The average Bonchev–Trinajstić information content (AvgIpc) is 2.32. The maximum atomic E-state index is 11.4. The lowest BCUT2D eigenvalue weighted by Crippen LogP contribution is -2.39. The van der Waals surface area contributed by atoms with Crippen LogP contribution >= 0.6 is 0 Å². The van der Waals surface area contributed by atoms with Crippen molar-refractivity contribution in [3.63, 3.8) is 0 Å². The molecule has 0 radical (unpaired) electrons. The zero-order valence-corrected chi connectivity index (χ0v) is 10.9. The van der Waals surface area contributed by atoms with Crippen molar-refractivity contribution < 1.29 is 4.79 Å². The first-order valence-corrected chi connectivity index (χ1v) is 6.33. The molecule has 3 nitrogen and oxygen atoms in total. The predicted octanol–water partition coefficient (Wildman–Crippen LogP) is 2.87. The molecule has 0 spiro atoms. The van der Waals surface area contributed by atoms with E-state index in [4.69, 9.17) is 5.26 Å². The van der Waals surface area contributed by atoms with Crippen molar-refractivity contribution in [3.8, 4) is 6.07 Å². The minimum Gasteiger partial charge on any atom is -0.353 e. The highest BCUT2D eigenvalue weighted by Gasteiger charge is 2.22. The van der Waals surface area contributed by atoms with Crippen LogP contribution < -0.4 is 5.32 Å².